The van der Waals surface area contributed by atoms with Crippen molar-refractivity contribution >= 4 is 59.9 Å². The van der Waals surface area contributed by atoms with E-state index in [0.29, 0.717) is 16.6 Å². The summed E-state index contributed by atoms with van der Waals surface area (Å²) in [5.41, 5.74) is 3.05. The van der Waals surface area contributed by atoms with Crippen molar-refractivity contribution in [1.29, 1.82) is 0 Å². The molecular weight excluding hydrogens is 430 g/mol. The maximum Gasteiger partial charge on any atom is 0.270 e. The number of nitrogens with zero attached hydrogens (tertiary/aromatic N) is 3. The number of aromatic nitrogens is 2. The van der Waals surface area contributed by atoms with Crippen LogP contribution in [0.1, 0.15) is 20.8 Å². The van der Waals surface area contributed by atoms with Gasteiger partial charge < -0.3 is 0 Å². The monoisotopic (exact) mass is 443 g/mol. The molecule has 0 aliphatic rings. The summed E-state index contributed by atoms with van der Waals surface area (Å²) in [4.78, 5) is 24.4. The number of rotatable bonds is 4. The third kappa shape index (κ3) is 3.56. The van der Waals surface area contributed by atoms with Crippen LogP contribution >= 0.6 is 38.6 Å². The number of fused-ring (bicyclic) bond motifs is 1. The minimum Gasteiger partial charge on any atom is -0.279 e. The van der Waals surface area contributed by atoms with Crippen LogP contribution in [-0.2, 0) is 6.54 Å². The zero-order valence-electron chi connectivity index (χ0n) is 13.8. The highest BCUT2D eigenvalue weighted by Gasteiger charge is 2.23. The quantitative estimate of drug-likeness (QED) is 0.408. The molecule has 0 N–H and O–H groups in total. The fourth-order valence-electron chi connectivity index (χ4n) is 2.60. The van der Waals surface area contributed by atoms with Gasteiger partial charge in [0, 0.05) is 12.4 Å². The molecule has 4 aromatic rings. The highest BCUT2D eigenvalue weighted by Crippen LogP contribution is 2.32. The first kappa shape index (κ1) is 17.3. The third-order valence-corrected chi connectivity index (χ3v) is 6.51. The van der Waals surface area contributed by atoms with E-state index in [1.54, 1.807) is 17.3 Å². The van der Waals surface area contributed by atoms with Gasteiger partial charge in [0.15, 0.2) is 5.13 Å². The molecule has 3 heterocycles. The number of aryl methyl sites for hydroxylation is 1. The van der Waals surface area contributed by atoms with Gasteiger partial charge in [-0.05, 0) is 64.3 Å². The Balaban J connectivity index is 1.76. The Bertz CT molecular complexity index is 1070. The van der Waals surface area contributed by atoms with E-state index in [9.17, 15) is 4.79 Å². The smallest absolute Gasteiger partial charge is 0.270 e. The summed E-state index contributed by atoms with van der Waals surface area (Å²) in [6.45, 7) is 2.49. The largest absolute Gasteiger partial charge is 0.279 e. The Morgan fingerprint density at radius 2 is 2.08 bits per heavy atom. The summed E-state index contributed by atoms with van der Waals surface area (Å²) >= 11 is 6.39. The molecule has 0 radical (unpaired) electrons. The number of hydrogen-bond donors (Lipinski definition) is 0. The maximum absolute atomic E-state index is 13.2. The van der Waals surface area contributed by atoms with E-state index in [2.05, 4.69) is 33.9 Å². The SMILES string of the molecule is Cc1ccc2nc(N(Cc3cccnc3)C(=O)c3ccc(Br)s3)sc2c1. The summed E-state index contributed by atoms with van der Waals surface area (Å²) in [7, 11) is 0. The van der Waals surface area contributed by atoms with E-state index in [1.165, 1.54) is 28.2 Å². The third-order valence-electron chi connectivity index (χ3n) is 3.86. The molecule has 0 fully saturated rings. The van der Waals surface area contributed by atoms with E-state index < -0.39 is 0 Å². The van der Waals surface area contributed by atoms with Crippen LogP contribution < -0.4 is 4.90 Å². The lowest BCUT2D eigenvalue weighted by atomic mass is 10.2. The van der Waals surface area contributed by atoms with Crippen molar-refractivity contribution in [2.24, 2.45) is 0 Å². The average molecular weight is 444 g/mol. The molecule has 0 spiro atoms. The van der Waals surface area contributed by atoms with Crippen molar-refractivity contribution in [2.45, 2.75) is 13.5 Å². The minimum atomic E-state index is -0.0552. The predicted molar refractivity (Wildman–Crippen MR) is 111 cm³/mol. The summed E-state index contributed by atoms with van der Waals surface area (Å²) in [5, 5.41) is 0.698. The summed E-state index contributed by atoms with van der Waals surface area (Å²) in [5.74, 6) is -0.0552. The number of anilines is 1. The number of hydrogen-bond acceptors (Lipinski definition) is 5. The molecule has 0 atom stereocenters. The van der Waals surface area contributed by atoms with Gasteiger partial charge in [0.05, 0.1) is 25.4 Å². The molecule has 0 unspecified atom stereocenters. The topological polar surface area (TPSA) is 46.1 Å². The lowest BCUT2D eigenvalue weighted by Crippen LogP contribution is -2.29. The molecular formula is C19H14BrN3OS2. The molecule has 0 aliphatic heterocycles. The van der Waals surface area contributed by atoms with Crippen LogP contribution in [0.25, 0.3) is 10.2 Å². The fourth-order valence-corrected chi connectivity index (χ4v) is 4.99. The minimum absolute atomic E-state index is 0.0552. The zero-order chi connectivity index (χ0) is 18.1. The van der Waals surface area contributed by atoms with Gasteiger partial charge in [-0.15, -0.1) is 11.3 Å². The van der Waals surface area contributed by atoms with Gasteiger partial charge in [-0.3, -0.25) is 14.7 Å². The predicted octanol–water partition coefficient (Wildman–Crippen LogP) is 5.67. The second-order valence-electron chi connectivity index (χ2n) is 5.82. The molecule has 4 nitrogen and oxygen atoms in total. The van der Waals surface area contributed by atoms with Crippen molar-refractivity contribution < 1.29 is 4.79 Å². The van der Waals surface area contributed by atoms with Gasteiger partial charge in [-0.25, -0.2) is 4.98 Å². The van der Waals surface area contributed by atoms with E-state index in [1.807, 2.05) is 36.4 Å². The van der Waals surface area contributed by atoms with Crippen molar-refractivity contribution in [3.8, 4) is 0 Å². The van der Waals surface area contributed by atoms with Crippen molar-refractivity contribution in [3.63, 3.8) is 0 Å². The van der Waals surface area contributed by atoms with Gasteiger partial charge >= 0.3 is 0 Å². The van der Waals surface area contributed by atoms with Crippen LogP contribution in [0.3, 0.4) is 0 Å². The number of benzene rings is 1. The molecule has 0 saturated carbocycles. The van der Waals surface area contributed by atoms with E-state index in [-0.39, 0.29) is 5.91 Å². The summed E-state index contributed by atoms with van der Waals surface area (Å²) < 4.78 is 2.01. The number of pyridine rings is 1. The van der Waals surface area contributed by atoms with Gasteiger partial charge in [0.25, 0.3) is 5.91 Å². The first-order valence-electron chi connectivity index (χ1n) is 7.93. The number of halogens is 1. The number of thiazole rings is 1. The first-order chi connectivity index (χ1) is 12.6. The Morgan fingerprint density at radius 1 is 1.19 bits per heavy atom. The lowest BCUT2D eigenvalue weighted by molar-refractivity contribution is 0.0989. The Hall–Kier alpha value is -2.09. The van der Waals surface area contributed by atoms with Crippen LogP contribution in [0, 0.1) is 6.92 Å². The van der Waals surface area contributed by atoms with E-state index >= 15 is 0 Å². The maximum atomic E-state index is 13.2. The molecule has 4 rings (SSSR count). The molecule has 130 valence electrons. The van der Waals surface area contributed by atoms with Crippen LogP contribution in [0.5, 0.6) is 0 Å². The summed E-state index contributed by atoms with van der Waals surface area (Å²) in [6.07, 6.45) is 3.51. The van der Waals surface area contributed by atoms with Crippen molar-refractivity contribution in [3.05, 3.63) is 74.6 Å². The first-order valence-corrected chi connectivity index (χ1v) is 10.4. The van der Waals surface area contributed by atoms with Crippen molar-refractivity contribution in [2.75, 3.05) is 4.90 Å². The second-order valence-corrected chi connectivity index (χ2v) is 9.30. The number of thiophene rings is 1. The number of amides is 1. The van der Waals surface area contributed by atoms with Gasteiger partial charge in [0.1, 0.15) is 0 Å². The number of carbonyl (C=O) groups is 1. The standard InChI is InChI=1S/C19H14BrN3OS2/c1-12-4-5-14-16(9-12)26-19(22-14)23(11-13-3-2-8-21-10-13)18(24)15-6-7-17(20)25-15/h2-10H,11H2,1H3. The Kier molecular flexibility index (Phi) is 4.84. The van der Waals surface area contributed by atoms with Crippen LogP contribution in [0.4, 0.5) is 5.13 Å². The van der Waals surface area contributed by atoms with E-state index in [0.717, 1.165) is 19.6 Å². The van der Waals surface area contributed by atoms with Crippen LogP contribution in [0.15, 0.2) is 58.6 Å². The molecule has 1 aromatic carbocycles. The van der Waals surface area contributed by atoms with Gasteiger partial charge in [-0.1, -0.05) is 23.5 Å². The van der Waals surface area contributed by atoms with Crippen molar-refractivity contribution in [1.82, 2.24) is 9.97 Å². The molecule has 26 heavy (non-hydrogen) atoms. The van der Waals surface area contributed by atoms with E-state index in [4.69, 9.17) is 4.98 Å². The normalized spacial score (nSPS) is 11.0. The molecule has 0 aliphatic carbocycles. The van der Waals surface area contributed by atoms with Crippen LogP contribution in [-0.4, -0.2) is 15.9 Å². The molecule has 1 amide bonds. The molecule has 0 bridgehead atoms. The molecule has 7 heteroatoms. The summed E-state index contributed by atoms with van der Waals surface area (Å²) in [6, 6.07) is 13.7. The molecule has 0 saturated heterocycles. The fraction of sp³-hybridized carbons (Fsp3) is 0.105. The van der Waals surface area contributed by atoms with Gasteiger partial charge in [-0.2, -0.15) is 0 Å². The second kappa shape index (κ2) is 7.26. The van der Waals surface area contributed by atoms with Gasteiger partial charge in [0.2, 0.25) is 0 Å². The zero-order valence-corrected chi connectivity index (χ0v) is 17.1. The average Bonchev–Trinajstić information content (AvgIpc) is 3.25. The highest BCUT2D eigenvalue weighted by molar-refractivity contribution is 9.11. The van der Waals surface area contributed by atoms with Crippen LogP contribution in [0.2, 0.25) is 0 Å². The Labute approximate surface area is 167 Å². The highest BCUT2D eigenvalue weighted by atomic mass is 79.9. The molecule has 3 aromatic heterocycles. The lowest BCUT2D eigenvalue weighted by Gasteiger charge is -2.19. The number of carbonyl (C=O) groups excluding carboxylic acids is 1. The Morgan fingerprint density at radius 3 is 2.81 bits per heavy atom.